The summed E-state index contributed by atoms with van der Waals surface area (Å²) < 4.78 is 0. The van der Waals surface area contributed by atoms with Crippen LogP contribution in [-0.2, 0) is 4.79 Å². The highest BCUT2D eigenvalue weighted by atomic mass is 32.1. The highest BCUT2D eigenvalue weighted by Crippen LogP contribution is 2.49. The Labute approximate surface area is 265 Å². The van der Waals surface area contributed by atoms with Crippen LogP contribution in [0, 0.1) is 28.1 Å². The topological polar surface area (TPSA) is 69.9 Å². The number of carbonyl (C=O) groups is 1. The van der Waals surface area contributed by atoms with Crippen LogP contribution >= 0.6 is 12.6 Å². The van der Waals surface area contributed by atoms with E-state index in [9.17, 15) is 9.90 Å². The molecule has 0 saturated heterocycles. The second-order valence-corrected chi connectivity index (χ2v) is 13.4. The highest BCUT2D eigenvalue weighted by Gasteiger charge is 2.37. The number of hydrogen-bond acceptors (Lipinski definition) is 5. The Morgan fingerprint density at radius 3 is 2.36 bits per heavy atom. The van der Waals surface area contributed by atoms with Crippen LogP contribution in [0.3, 0.4) is 0 Å². The summed E-state index contributed by atoms with van der Waals surface area (Å²) >= 11 is 3.79. The van der Waals surface area contributed by atoms with E-state index in [4.69, 9.17) is 5.11 Å². The number of aldehydes is 1. The van der Waals surface area contributed by atoms with E-state index in [0.29, 0.717) is 17.3 Å². The molecule has 3 rings (SSSR count). The molecule has 3 atom stereocenters. The minimum atomic E-state index is -0.0538. The Morgan fingerprint density at radius 2 is 1.83 bits per heavy atom. The summed E-state index contributed by atoms with van der Waals surface area (Å²) in [7, 11) is 1.00. The van der Waals surface area contributed by atoms with Crippen molar-refractivity contribution in [2.45, 2.75) is 114 Å². The number of allylic oxidation sites excluding steroid dienone is 8. The van der Waals surface area contributed by atoms with E-state index in [1.807, 2.05) is 33.1 Å². The molecule has 3 aliphatic rings. The van der Waals surface area contributed by atoms with Gasteiger partial charge in [-0.3, -0.25) is 9.79 Å². The van der Waals surface area contributed by atoms with Crippen molar-refractivity contribution in [1.82, 2.24) is 0 Å². The van der Waals surface area contributed by atoms with Crippen molar-refractivity contribution < 1.29 is 15.0 Å². The minimum absolute atomic E-state index is 0.0538. The van der Waals surface area contributed by atoms with E-state index in [0.717, 1.165) is 70.5 Å². The standard InChI is InChI=1S/C20H34O2.C12H15N.C2H6S.C2H6.CH4O/c1-6-20(5)15-17(7-8-18(20)9-11-21)14-19(4,10-12-22)13-16(2)3;1-12(2)7-4-3-5-11-9-10(12)6-8-13-11;1-2-3;2*1-2/h6,9,11,16-17,22H,1,7-8,10,12-15H2,2-5H3;3-6,8H,7,9H2,1-2H3;3H,2H2,1H3;1-2H3;2H,1H3/b18-9-;4-3-,11-5+;;;. The van der Waals surface area contributed by atoms with Crippen molar-refractivity contribution in [2.75, 3.05) is 19.5 Å². The minimum Gasteiger partial charge on any atom is -0.400 e. The van der Waals surface area contributed by atoms with Crippen molar-refractivity contribution in [2.24, 2.45) is 33.1 Å². The number of hydrogen-bond donors (Lipinski definition) is 3. The number of aliphatic hydroxyl groups is 2. The maximum Gasteiger partial charge on any atom is 0.142 e. The molecule has 0 aromatic carbocycles. The average Bonchev–Trinajstić information content (AvgIpc) is 2.95. The summed E-state index contributed by atoms with van der Waals surface area (Å²) in [5.41, 5.74) is 4.35. The first-order chi connectivity index (χ1) is 19.9. The Bertz CT molecular complexity index is 912. The number of fused-ring (bicyclic) bond motifs is 2. The molecule has 0 amide bonds. The summed E-state index contributed by atoms with van der Waals surface area (Å²) in [6.45, 7) is 23.9. The molecule has 0 aromatic heterocycles. The quantitative estimate of drug-likeness (QED) is 0.112. The molecule has 2 aliphatic carbocycles. The zero-order valence-electron chi connectivity index (χ0n) is 28.7. The summed E-state index contributed by atoms with van der Waals surface area (Å²) in [4.78, 5) is 15.2. The second-order valence-electron chi connectivity index (χ2n) is 12.8. The van der Waals surface area contributed by atoms with Gasteiger partial charge >= 0.3 is 0 Å². The third kappa shape index (κ3) is 15.7. The van der Waals surface area contributed by atoms with Crippen LogP contribution in [-0.4, -0.2) is 42.2 Å². The molecular weight excluding hydrogens is 538 g/mol. The molecule has 1 fully saturated rings. The molecule has 2 bridgehead atoms. The predicted octanol–water partition coefficient (Wildman–Crippen LogP) is 9.76. The summed E-state index contributed by atoms with van der Waals surface area (Å²) in [6.07, 6.45) is 23.7. The van der Waals surface area contributed by atoms with Crippen LogP contribution in [0.5, 0.6) is 0 Å². The smallest absolute Gasteiger partial charge is 0.142 e. The van der Waals surface area contributed by atoms with Gasteiger partial charge in [0.2, 0.25) is 0 Å². The molecule has 1 aliphatic heterocycles. The Morgan fingerprint density at radius 1 is 1.21 bits per heavy atom. The van der Waals surface area contributed by atoms with Gasteiger partial charge in [0, 0.05) is 37.5 Å². The maximum atomic E-state index is 10.9. The molecule has 42 heavy (non-hydrogen) atoms. The zero-order valence-corrected chi connectivity index (χ0v) is 29.6. The molecule has 0 radical (unpaired) electrons. The van der Waals surface area contributed by atoms with Crippen molar-refractivity contribution in [1.29, 1.82) is 0 Å². The van der Waals surface area contributed by atoms with E-state index >= 15 is 0 Å². The largest absolute Gasteiger partial charge is 0.400 e. The fourth-order valence-corrected chi connectivity index (χ4v) is 6.22. The van der Waals surface area contributed by atoms with Gasteiger partial charge < -0.3 is 10.2 Å². The Kier molecular flexibility index (Phi) is 23.0. The van der Waals surface area contributed by atoms with E-state index in [1.54, 1.807) is 6.08 Å². The molecule has 1 heterocycles. The van der Waals surface area contributed by atoms with Gasteiger partial charge in [-0.1, -0.05) is 91.7 Å². The molecule has 0 spiro atoms. The van der Waals surface area contributed by atoms with Gasteiger partial charge in [-0.15, -0.1) is 6.58 Å². The molecule has 3 unspecified atom stereocenters. The number of carbonyl (C=O) groups excluding carboxylic acids is 1. The normalized spacial score (nSPS) is 26.1. The van der Waals surface area contributed by atoms with Gasteiger partial charge in [-0.2, -0.15) is 12.6 Å². The highest BCUT2D eigenvalue weighted by molar-refractivity contribution is 7.80. The summed E-state index contributed by atoms with van der Waals surface area (Å²) in [5.74, 6) is 2.23. The van der Waals surface area contributed by atoms with Crippen LogP contribution in [0.2, 0.25) is 0 Å². The molecule has 1 saturated carbocycles. The molecule has 5 heteroatoms. The van der Waals surface area contributed by atoms with Crippen LogP contribution in [0.1, 0.15) is 114 Å². The molecule has 2 N–H and O–H groups in total. The van der Waals surface area contributed by atoms with E-state index < -0.39 is 0 Å². The monoisotopic (exact) mass is 603 g/mol. The SMILES string of the molecule is C=CC1(C)CC(CC(C)(CCO)CC(C)C)CC/C1=C/C=O.CC.CC1(C)C/C=C\C=C2/CC1=CC=N2.CCS.CO. The van der Waals surface area contributed by atoms with Gasteiger partial charge in [-0.05, 0) is 91.6 Å². The first-order valence-electron chi connectivity index (χ1n) is 15.9. The number of nitrogens with zero attached hydrogens (tertiary/aromatic N) is 1. The zero-order chi connectivity index (χ0) is 32.8. The van der Waals surface area contributed by atoms with Crippen LogP contribution in [0.25, 0.3) is 0 Å². The average molecular weight is 604 g/mol. The first-order valence-corrected chi connectivity index (χ1v) is 16.6. The van der Waals surface area contributed by atoms with Crippen molar-refractivity contribution in [3.8, 4) is 0 Å². The van der Waals surface area contributed by atoms with Crippen LogP contribution in [0.15, 0.2) is 64.9 Å². The molecule has 0 aromatic rings. The van der Waals surface area contributed by atoms with Crippen molar-refractivity contribution >= 4 is 25.1 Å². The van der Waals surface area contributed by atoms with E-state index in [2.05, 4.69) is 90.0 Å². The number of aliphatic hydroxyl groups excluding tert-OH is 2. The number of thiol groups is 1. The summed E-state index contributed by atoms with van der Waals surface area (Å²) in [6, 6.07) is 0. The van der Waals surface area contributed by atoms with Crippen LogP contribution in [0.4, 0.5) is 0 Å². The number of dihydropyridines is 1. The number of aliphatic imine (C=N–C) groups is 1. The van der Waals surface area contributed by atoms with Crippen molar-refractivity contribution in [3.63, 3.8) is 0 Å². The Hall–Kier alpha value is -1.69. The fourth-order valence-electron chi connectivity index (χ4n) is 6.22. The second kappa shape index (κ2) is 22.8. The number of rotatable bonds is 8. The lowest BCUT2D eigenvalue weighted by Crippen LogP contribution is -2.31. The van der Waals surface area contributed by atoms with Gasteiger partial charge in [-0.25, -0.2) is 0 Å². The van der Waals surface area contributed by atoms with Crippen molar-refractivity contribution in [3.05, 3.63) is 59.9 Å². The molecule has 242 valence electrons. The maximum absolute atomic E-state index is 10.9. The van der Waals surface area contributed by atoms with Gasteiger partial charge in [0.15, 0.2) is 0 Å². The van der Waals surface area contributed by atoms with Gasteiger partial charge in [0.25, 0.3) is 0 Å². The molecule has 4 nitrogen and oxygen atoms in total. The lowest BCUT2D eigenvalue weighted by Gasteiger charge is -2.42. The summed E-state index contributed by atoms with van der Waals surface area (Å²) in [5, 5.41) is 16.4. The van der Waals surface area contributed by atoms with Gasteiger partial charge in [0.05, 0.1) is 0 Å². The third-order valence-electron chi connectivity index (χ3n) is 8.20. The van der Waals surface area contributed by atoms with E-state index in [1.165, 1.54) is 16.8 Å². The van der Waals surface area contributed by atoms with Gasteiger partial charge in [0.1, 0.15) is 6.29 Å². The third-order valence-corrected chi connectivity index (χ3v) is 8.20. The van der Waals surface area contributed by atoms with E-state index in [-0.39, 0.29) is 17.4 Å². The molecular formula is C37H65NO3S. The van der Waals surface area contributed by atoms with Crippen LogP contribution < -0.4 is 0 Å². The lowest BCUT2D eigenvalue weighted by atomic mass is 9.62. The fraction of sp³-hybridized carbons (Fsp3) is 0.676. The predicted molar refractivity (Wildman–Crippen MR) is 190 cm³/mol. The first kappa shape index (κ1) is 42.4. The lowest BCUT2D eigenvalue weighted by molar-refractivity contribution is -0.104. The Balaban J connectivity index is 0.